The van der Waals surface area contributed by atoms with Gasteiger partial charge in [-0.25, -0.2) is 0 Å². The van der Waals surface area contributed by atoms with E-state index in [-0.39, 0.29) is 0 Å². The van der Waals surface area contributed by atoms with Gasteiger partial charge in [0.2, 0.25) is 0 Å². The Kier molecular flexibility index (Phi) is 5.96. The molecule has 1 aromatic heterocycles. The van der Waals surface area contributed by atoms with Crippen LogP contribution in [-0.2, 0) is 0 Å². The molecule has 0 radical (unpaired) electrons. The number of para-hydroxylation sites is 1. The Bertz CT molecular complexity index is 2970. The van der Waals surface area contributed by atoms with Gasteiger partial charge in [-0.15, -0.1) is 0 Å². The van der Waals surface area contributed by atoms with Crippen molar-refractivity contribution in [3.8, 4) is 56.4 Å². The highest BCUT2D eigenvalue weighted by Crippen LogP contribution is 2.49. The molecule has 1 aliphatic rings. The number of furan rings is 1. The summed E-state index contributed by atoms with van der Waals surface area (Å²) >= 11 is 0. The molecule has 9 aromatic carbocycles. The van der Waals surface area contributed by atoms with Crippen LogP contribution in [-0.4, -0.2) is 0 Å². The van der Waals surface area contributed by atoms with E-state index in [1.807, 2.05) is 42.5 Å². The van der Waals surface area contributed by atoms with Crippen LogP contribution in [0.15, 0.2) is 174 Å². The zero-order chi connectivity index (χ0) is 33.5. The third-order valence-electron chi connectivity index (χ3n) is 10.3. The molecule has 3 nitrogen and oxygen atoms in total. The van der Waals surface area contributed by atoms with E-state index in [4.69, 9.17) is 13.9 Å². The first-order valence-corrected chi connectivity index (χ1v) is 17.2. The normalized spacial score (nSPS) is 12.2. The van der Waals surface area contributed by atoms with Crippen molar-refractivity contribution in [1.82, 2.24) is 0 Å². The predicted octanol–water partition coefficient (Wildman–Crippen LogP) is 13.9. The van der Waals surface area contributed by atoms with Crippen LogP contribution in [0.3, 0.4) is 0 Å². The van der Waals surface area contributed by atoms with Crippen LogP contribution >= 0.6 is 0 Å². The topological polar surface area (TPSA) is 31.6 Å². The van der Waals surface area contributed by atoms with E-state index in [9.17, 15) is 0 Å². The second kappa shape index (κ2) is 10.8. The van der Waals surface area contributed by atoms with Crippen LogP contribution in [0.4, 0.5) is 0 Å². The van der Waals surface area contributed by atoms with Crippen molar-refractivity contribution in [3.05, 3.63) is 170 Å². The molecule has 3 heteroatoms. The predicted molar refractivity (Wildman–Crippen MR) is 209 cm³/mol. The summed E-state index contributed by atoms with van der Waals surface area (Å²) in [6.07, 6.45) is 0. The molecule has 0 amide bonds. The molecule has 11 rings (SSSR count). The fraction of sp³-hybridized carbons (Fsp3) is 0. The summed E-state index contributed by atoms with van der Waals surface area (Å²) in [5.74, 6) is 2.90. The van der Waals surface area contributed by atoms with Gasteiger partial charge < -0.3 is 13.9 Å². The molecule has 0 N–H and O–H groups in total. The lowest BCUT2D eigenvalue weighted by Gasteiger charge is -2.22. The van der Waals surface area contributed by atoms with Gasteiger partial charge in [0, 0.05) is 10.8 Å². The fourth-order valence-corrected chi connectivity index (χ4v) is 7.91. The first kappa shape index (κ1) is 28.0. The number of fused-ring (bicyclic) bond motifs is 8. The Morgan fingerprint density at radius 1 is 0.275 bits per heavy atom. The first-order chi connectivity index (χ1) is 25.2. The quantitative estimate of drug-likeness (QED) is 0.178. The molecule has 10 aromatic rings. The van der Waals surface area contributed by atoms with E-state index < -0.39 is 0 Å². The Balaban J connectivity index is 1.00. The molecular weight excluding hydrogens is 625 g/mol. The fourth-order valence-electron chi connectivity index (χ4n) is 7.91. The smallest absolute Gasteiger partial charge is 0.170 e. The maximum absolute atomic E-state index is 6.39. The summed E-state index contributed by atoms with van der Waals surface area (Å²) in [6.45, 7) is 0. The van der Waals surface area contributed by atoms with Gasteiger partial charge in [0.25, 0.3) is 0 Å². The summed E-state index contributed by atoms with van der Waals surface area (Å²) in [6, 6.07) is 59.8. The maximum atomic E-state index is 6.39. The second-order valence-corrected chi connectivity index (χ2v) is 13.2. The molecule has 0 saturated heterocycles. The lowest BCUT2D eigenvalue weighted by molar-refractivity contribution is 0.360. The van der Waals surface area contributed by atoms with Crippen molar-refractivity contribution in [2.24, 2.45) is 0 Å². The van der Waals surface area contributed by atoms with Crippen molar-refractivity contribution in [2.75, 3.05) is 0 Å². The Labute approximate surface area is 293 Å². The van der Waals surface area contributed by atoms with Gasteiger partial charge >= 0.3 is 0 Å². The summed E-state index contributed by atoms with van der Waals surface area (Å²) in [5, 5.41) is 9.38. The zero-order valence-electron chi connectivity index (χ0n) is 27.4. The SMILES string of the molecule is c1ccc2cc3c(cc2c1)Oc1ccc(-c2ccc(-c4c5ccccc5c(-c5ccc6c(c5)oc5ccccc56)c5ccccc45)cc2)cc1O3. The van der Waals surface area contributed by atoms with Crippen LogP contribution < -0.4 is 9.47 Å². The molecule has 0 spiro atoms. The van der Waals surface area contributed by atoms with Gasteiger partial charge in [0.15, 0.2) is 23.0 Å². The van der Waals surface area contributed by atoms with Crippen molar-refractivity contribution in [1.29, 1.82) is 0 Å². The molecule has 238 valence electrons. The number of rotatable bonds is 3. The lowest BCUT2D eigenvalue weighted by atomic mass is 9.85. The summed E-state index contributed by atoms with van der Waals surface area (Å²) < 4.78 is 19.0. The Morgan fingerprint density at radius 3 is 1.41 bits per heavy atom. The number of hydrogen-bond donors (Lipinski definition) is 0. The third-order valence-corrected chi connectivity index (χ3v) is 10.3. The van der Waals surface area contributed by atoms with Crippen LogP contribution in [0.25, 0.3) is 87.6 Å². The van der Waals surface area contributed by atoms with Gasteiger partial charge in [-0.2, -0.15) is 0 Å². The van der Waals surface area contributed by atoms with Gasteiger partial charge in [-0.05, 0) is 108 Å². The molecule has 1 aliphatic heterocycles. The van der Waals surface area contributed by atoms with Crippen LogP contribution in [0.5, 0.6) is 23.0 Å². The minimum absolute atomic E-state index is 0.716. The standard InChI is InChI=1S/C48H28O3/c1-2-10-32-26-46-45(25-31(32)9-1)50-42-24-22-33(27-44(42)51-46)29-17-19-30(20-18-29)47-37-12-3-5-14-39(37)48(40-15-6-4-13-38(40)47)34-21-23-36-35-11-7-8-16-41(35)49-43(36)28-34/h1-28H. The Morgan fingerprint density at radius 2 is 0.745 bits per heavy atom. The number of ether oxygens (including phenoxy) is 2. The minimum Gasteiger partial charge on any atom is -0.456 e. The van der Waals surface area contributed by atoms with E-state index in [0.29, 0.717) is 5.75 Å². The van der Waals surface area contributed by atoms with Gasteiger partial charge in [0.05, 0.1) is 0 Å². The highest BCUT2D eigenvalue weighted by molar-refractivity contribution is 6.22. The molecule has 0 saturated carbocycles. The molecule has 0 unspecified atom stereocenters. The molecule has 0 bridgehead atoms. The molecule has 51 heavy (non-hydrogen) atoms. The summed E-state index contributed by atoms with van der Waals surface area (Å²) in [4.78, 5) is 0. The van der Waals surface area contributed by atoms with Crippen molar-refractivity contribution >= 4 is 54.3 Å². The van der Waals surface area contributed by atoms with Crippen molar-refractivity contribution in [2.45, 2.75) is 0 Å². The number of benzene rings is 9. The van der Waals surface area contributed by atoms with Crippen molar-refractivity contribution in [3.63, 3.8) is 0 Å². The molecular formula is C48H28O3. The van der Waals surface area contributed by atoms with Crippen LogP contribution in [0.1, 0.15) is 0 Å². The summed E-state index contributed by atoms with van der Waals surface area (Å²) in [7, 11) is 0. The average Bonchev–Trinajstić information content (AvgIpc) is 3.56. The monoisotopic (exact) mass is 652 g/mol. The van der Waals surface area contributed by atoms with E-state index in [2.05, 4.69) is 127 Å². The highest BCUT2D eigenvalue weighted by atomic mass is 16.6. The van der Waals surface area contributed by atoms with E-state index in [0.717, 1.165) is 66.6 Å². The maximum Gasteiger partial charge on any atom is 0.170 e. The molecule has 0 atom stereocenters. The lowest BCUT2D eigenvalue weighted by Crippen LogP contribution is -1.99. The van der Waals surface area contributed by atoms with Gasteiger partial charge in [-0.1, -0.05) is 127 Å². The van der Waals surface area contributed by atoms with Crippen molar-refractivity contribution < 1.29 is 13.9 Å². The molecule has 2 heterocycles. The highest BCUT2D eigenvalue weighted by Gasteiger charge is 2.21. The second-order valence-electron chi connectivity index (χ2n) is 13.2. The summed E-state index contributed by atoms with van der Waals surface area (Å²) in [5.41, 5.74) is 8.75. The zero-order valence-corrected chi connectivity index (χ0v) is 27.4. The largest absolute Gasteiger partial charge is 0.456 e. The number of hydrogen-bond acceptors (Lipinski definition) is 3. The third kappa shape index (κ3) is 4.38. The van der Waals surface area contributed by atoms with Crippen LogP contribution in [0.2, 0.25) is 0 Å². The van der Waals surface area contributed by atoms with E-state index in [1.165, 1.54) is 38.2 Å². The first-order valence-electron chi connectivity index (χ1n) is 17.2. The minimum atomic E-state index is 0.716. The van der Waals surface area contributed by atoms with Gasteiger partial charge in [-0.3, -0.25) is 0 Å². The molecule has 0 aliphatic carbocycles. The van der Waals surface area contributed by atoms with Gasteiger partial charge in [0.1, 0.15) is 11.2 Å². The average molecular weight is 653 g/mol. The van der Waals surface area contributed by atoms with E-state index >= 15 is 0 Å². The molecule has 0 fully saturated rings. The van der Waals surface area contributed by atoms with E-state index in [1.54, 1.807) is 0 Å². The van der Waals surface area contributed by atoms with Crippen LogP contribution in [0, 0.1) is 0 Å². The Hall–Kier alpha value is -6.84.